The Hall–Kier alpha value is -1.19. The lowest BCUT2D eigenvalue weighted by Crippen LogP contribution is -2.14. The smallest absolute Gasteiger partial charge is 0.235 e. The van der Waals surface area contributed by atoms with Gasteiger partial charge in [0.1, 0.15) is 5.82 Å². The van der Waals surface area contributed by atoms with Crippen LogP contribution in [0.25, 0.3) is 0 Å². The van der Waals surface area contributed by atoms with Crippen LogP contribution >= 0.6 is 39.0 Å². The third kappa shape index (κ3) is 3.93. The lowest BCUT2D eigenvalue weighted by Gasteiger charge is -2.02. The number of halogens is 1. The largest absolute Gasteiger partial charge is 0.374 e. The van der Waals surface area contributed by atoms with E-state index in [4.69, 9.17) is 5.73 Å². The van der Waals surface area contributed by atoms with Gasteiger partial charge in [0, 0.05) is 10.7 Å². The van der Waals surface area contributed by atoms with E-state index in [0.717, 1.165) is 4.47 Å². The second kappa shape index (κ2) is 6.12. The van der Waals surface area contributed by atoms with Crippen molar-refractivity contribution in [2.24, 2.45) is 0 Å². The first-order chi connectivity index (χ1) is 8.63. The zero-order valence-electron chi connectivity index (χ0n) is 8.96. The number of amides is 1. The summed E-state index contributed by atoms with van der Waals surface area (Å²) in [6.45, 7) is 0. The van der Waals surface area contributed by atoms with Gasteiger partial charge in [-0.2, -0.15) is 0 Å². The first kappa shape index (κ1) is 13.2. The zero-order valence-corrected chi connectivity index (χ0v) is 12.2. The molecule has 0 saturated heterocycles. The molecule has 0 atom stereocenters. The summed E-state index contributed by atoms with van der Waals surface area (Å²) in [5, 5.41) is 10.6. The first-order valence-electron chi connectivity index (χ1n) is 4.76. The summed E-state index contributed by atoms with van der Waals surface area (Å²) >= 11 is 5.81. The molecular weight excluding hydrogens is 338 g/mol. The van der Waals surface area contributed by atoms with Crippen molar-refractivity contribution < 1.29 is 4.79 Å². The lowest BCUT2D eigenvalue weighted by atomic mass is 10.4. The maximum absolute atomic E-state index is 11.6. The highest BCUT2D eigenvalue weighted by atomic mass is 79.9. The summed E-state index contributed by atoms with van der Waals surface area (Å²) < 4.78 is 1.53. The van der Waals surface area contributed by atoms with E-state index in [9.17, 15) is 4.79 Å². The molecule has 3 N–H and O–H groups in total. The molecule has 0 bridgehead atoms. The molecule has 2 rings (SSSR count). The zero-order chi connectivity index (χ0) is 13.0. The Morgan fingerprint density at radius 3 is 2.94 bits per heavy atom. The number of nitrogen functional groups attached to an aromatic ring is 1. The van der Waals surface area contributed by atoms with Crippen molar-refractivity contribution in [2.75, 3.05) is 16.8 Å². The maximum atomic E-state index is 11.6. The predicted molar refractivity (Wildman–Crippen MR) is 75.6 cm³/mol. The summed E-state index contributed by atoms with van der Waals surface area (Å²) in [5.41, 5.74) is 5.44. The van der Waals surface area contributed by atoms with Gasteiger partial charge in [-0.25, -0.2) is 4.98 Å². The van der Waals surface area contributed by atoms with Crippen molar-refractivity contribution in [3.05, 3.63) is 22.8 Å². The van der Waals surface area contributed by atoms with Gasteiger partial charge in [-0.3, -0.25) is 4.79 Å². The molecule has 2 aromatic rings. The van der Waals surface area contributed by atoms with E-state index in [0.29, 0.717) is 15.3 Å². The minimum atomic E-state index is -0.149. The minimum absolute atomic E-state index is 0.149. The number of aromatic nitrogens is 3. The Balaban J connectivity index is 1.83. The molecule has 2 aromatic heterocycles. The summed E-state index contributed by atoms with van der Waals surface area (Å²) in [7, 11) is 0. The number of carbonyl (C=O) groups is 1. The van der Waals surface area contributed by atoms with Gasteiger partial charge in [0.2, 0.25) is 11.0 Å². The monoisotopic (exact) mass is 345 g/mol. The Kier molecular flexibility index (Phi) is 4.50. The van der Waals surface area contributed by atoms with Crippen molar-refractivity contribution in [3.63, 3.8) is 0 Å². The molecule has 0 radical (unpaired) electrons. The van der Waals surface area contributed by atoms with E-state index in [1.165, 1.54) is 23.1 Å². The molecular formula is C9H8BrN5OS2. The van der Waals surface area contributed by atoms with Crippen LogP contribution in [0, 0.1) is 0 Å². The summed E-state index contributed by atoms with van der Waals surface area (Å²) in [4.78, 5) is 15.7. The Bertz CT molecular complexity index is 544. The van der Waals surface area contributed by atoms with Crippen LogP contribution in [0.3, 0.4) is 0 Å². The van der Waals surface area contributed by atoms with Crippen molar-refractivity contribution >= 4 is 55.9 Å². The van der Waals surface area contributed by atoms with Crippen molar-refractivity contribution in [3.8, 4) is 0 Å². The fourth-order valence-corrected chi connectivity index (χ4v) is 2.71. The van der Waals surface area contributed by atoms with Crippen molar-refractivity contribution in [2.45, 2.75) is 4.34 Å². The molecule has 0 fully saturated rings. The molecule has 1 amide bonds. The number of nitrogens with zero attached hydrogens (tertiary/aromatic N) is 3. The Morgan fingerprint density at radius 1 is 1.50 bits per heavy atom. The predicted octanol–water partition coefficient (Wildman–Crippen LogP) is 2.01. The molecule has 0 aromatic carbocycles. The second-order valence-electron chi connectivity index (χ2n) is 3.10. The van der Waals surface area contributed by atoms with Gasteiger partial charge in [0.05, 0.1) is 5.75 Å². The van der Waals surface area contributed by atoms with Gasteiger partial charge < -0.3 is 11.1 Å². The highest BCUT2D eigenvalue weighted by molar-refractivity contribution is 9.10. The number of nitrogens with two attached hydrogens (primary N) is 1. The van der Waals surface area contributed by atoms with Crippen LogP contribution in [0.15, 0.2) is 27.1 Å². The van der Waals surface area contributed by atoms with E-state index in [1.54, 1.807) is 18.3 Å². The van der Waals surface area contributed by atoms with Crippen molar-refractivity contribution in [1.29, 1.82) is 0 Å². The number of rotatable bonds is 4. The average Bonchev–Trinajstić information content (AvgIpc) is 2.76. The van der Waals surface area contributed by atoms with E-state index in [1.807, 2.05) is 0 Å². The van der Waals surface area contributed by atoms with E-state index >= 15 is 0 Å². The van der Waals surface area contributed by atoms with E-state index < -0.39 is 0 Å². The van der Waals surface area contributed by atoms with Gasteiger partial charge >= 0.3 is 0 Å². The van der Waals surface area contributed by atoms with Gasteiger partial charge in [0.15, 0.2) is 4.34 Å². The number of carbonyl (C=O) groups excluding carboxylic acids is 1. The molecule has 0 aliphatic heterocycles. The second-order valence-corrected chi connectivity index (χ2v) is 6.25. The maximum Gasteiger partial charge on any atom is 0.235 e. The molecule has 0 unspecified atom stereocenters. The third-order valence-corrected chi connectivity index (χ3v) is 4.10. The average molecular weight is 346 g/mol. The van der Waals surface area contributed by atoms with Gasteiger partial charge in [-0.15, -0.1) is 10.2 Å². The number of thioether (sulfide) groups is 1. The number of hydrogen-bond donors (Lipinski definition) is 2. The molecule has 9 heteroatoms. The van der Waals surface area contributed by atoms with E-state index in [-0.39, 0.29) is 11.7 Å². The van der Waals surface area contributed by atoms with Crippen LogP contribution in [0.4, 0.5) is 10.9 Å². The summed E-state index contributed by atoms with van der Waals surface area (Å²) in [6.07, 6.45) is 1.62. The van der Waals surface area contributed by atoms with Gasteiger partial charge in [0.25, 0.3) is 0 Å². The topological polar surface area (TPSA) is 93.8 Å². The Labute approximate surface area is 120 Å². The molecule has 0 aliphatic rings. The molecule has 6 nitrogen and oxygen atoms in total. The number of hydrogen-bond acceptors (Lipinski definition) is 7. The van der Waals surface area contributed by atoms with Crippen LogP contribution in [0.2, 0.25) is 0 Å². The number of pyridine rings is 1. The minimum Gasteiger partial charge on any atom is -0.374 e. The van der Waals surface area contributed by atoms with Crippen LogP contribution in [0.5, 0.6) is 0 Å². The fraction of sp³-hybridized carbons (Fsp3) is 0.111. The van der Waals surface area contributed by atoms with Crippen LogP contribution in [0.1, 0.15) is 0 Å². The molecule has 94 valence electrons. The first-order valence-corrected chi connectivity index (χ1v) is 7.36. The molecule has 0 spiro atoms. The normalized spacial score (nSPS) is 10.3. The van der Waals surface area contributed by atoms with Crippen LogP contribution in [-0.4, -0.2) is 26.8 Å². The SMILES string of the molecule is Nc1nnc(SCC(=O)Nc2ccc(Br)cn2)s1. The highest BCUT2D eigenvalue weighted by Crippen LogP contribution is 2.23. The third-order valence-electron chi connectivity index (χ3n) is 1.74. The molecule has 0 saturated carbocycles. The summed E-state index contributed by atoms with van der Waals surface area (Å²) in [6, 6.07) is 3.52. The molecule has 0 aliphatic carbocycles. The summed E-state index contributed by atoms with van der Waals surface area (Å²) in [5.74, 6) is 0.607. The standard InChI is InChI=1S/C9H8BrN5OS2/c10-5-1-2-6(12-3-5)13-7(16)4-17-9-15-14-8(11)18-9/h1-3H,4H2,(H2,11,14)(H,12,13,16). The number of nitrogens with one attached hydrogen (secondary N) is 1. The molecule has 18 heavy (non-hydrogen) atoms. The van der Waals surface area contributed by atoms with E-state index in [2.05, 4.69) is 36.4 Å². The van der Waals surface area contributed by atoms with Crippen LogP contribution in [-0.2, 0) is 4.79 Å². The Morgan fingerprint density at radius 2 is 2.33 bits per heavy atom. The quantitative estimate of drug-likeness (QED) is 0.823. The molecule has 2 heterocycles. The van der Waals surface area contributed by atoms with Gasteiger partial charge in [-0.05, 0) is 28.1 Å². The van der Waals surface area contributed by atoms with Crippen LogP contribution < -0.4 is 11.1 Å². The highest BCUT2D eigenvalue weighted by Gasteiger charge is 2.07. The lowest BCUT2D eigenvalue weighted by molar-refractivity contribution is -0.113. The number of anilines is 2. The van der Waals surface area contributed by atoms with Crippen molar-refractivity contribution in [1.82, 2.24) is 15.2 Å². The van der Waals surface area contributed by atoms with Gasteiger partial charge in [-0.1, -0.05) is 23.1 Å². The fourth-order valence-electron chi connectivity index (χ4n) is 1.03.